The van der Waals surface area contributed by atoms with Crippen molar-refractivity contribution >= 4 is 42.3 Å². The largest absolute Gasteiger partial charge is 0.480 e. The Balaban J connectivity index is 4.39. The summed E-state index contributed by atoms with van der Waals surface area (Å²) in [7, 11) is 5.85. The molecule has 0 bridgehead atoms. The molecule has 0 aromatic rings. The minimum atomic E-state index is -1.26. The molecule has 0 saturated heterocycles. The molecular weight excluding hydrogens is 404 g/mol. The lowest BCUT2D eigenvalue weighted by Gasteiger charge is -2.23. The van der Waals surface area contributed by atoms with E-state index in [1.165, 1.54) is 6.92 Å². The maximum absolute atomic E-state index is 12.1. The Hall–Kier alpha value is -2.34. The molecule has 0 fully saturated rings. The van der Waals surface area contributed by atoms with Crippen LogP contribution in [-0.2, 0) is 28.7 Å². The van der Waals surface area contributed by atoms with E-state index in [2.05, 4.69) is 28.6 Å². The molecule has 0 rings (SSSR count). The number of carboxylic acid groups (broad SMARTS) is 1. The maximum Gasteiger partial charge on any atom is 0.326 e. The molecule has 0 saturated carbocycles. The van der Waals surface area contributed by atoms with E-state index in [1.807, 2.05) is 21.1 Å². The summed E-state index contributed by atoms with van der Waals surface area (Å²) in [4.78, 5) is 57.8. The Morgan fingerprint density at radius 3 is 2.17 bits per heavy atom. The first-order valence-corrected chi connectivity index (χ1v) is 9.63. The van der Waals surface area contributed by atoms with Gasteiger partial charge < -0.3 is 30.3 Å². The van der Waals surface area contributed by atoms with Gasteiger partial charge in [0, 0.05) is 19.1 Å². The van der Waals surface area contributed by atoms with Gasteiger partial charge in [0.2, 0.25) is 17.7 Å². The summed E-state index contributed by atoms with van der Waals surface area (Å²) in [6.07, 6.45) is -0.359. The minimum Gasteiger partial charge on any atom is -0.480 e. The zero-order valence-electron chi connectivity index (χ0n) is 17.2. The molecular formula is C17H31N4O7S+. The van der Waals surface area contributed by atoms with E-state index in [4.69, 9.17) is 9.84 Å². The van der Waals surface area contributed by atoms with Gasteiger partial charge in [-0.25, -0.2) is 4.79 Å². The fourth-order valence-electron chi connectivity index (χ4n) is 2.01. The zero-order valence-corrected chi connectivity index (χ0v) is 18.1. The zero-order chi connectivity index (χ0) is 22.6. The molecule has 3 amide bonds. The molecule has 2 atom stereocenters. The lowest BCUT2D eigenvalue weighted by atomic mass is 10.1. The van der Waals surface area contributed by atoms with Gasteiger partial charge in [-0.15, -0.1) is 0 Å². The van der Waals surface area contributed by atoms with E-state index in [0.29, 0.717) is 11.0 Å². The number of thiol groups is 1. The number of aliphatic carboxylic acids is 1. The predicted molar refractivity (Wildman–Crippen MR) is 107 cm³/mol. The van der Waals surface area contributed by atoms with Gasteiger partial charge in [-0.05, 0) is 6.42 Å². The standard InChI is InChI=1S/C17H30N4O7S/c1-11(22)19-12(17(26)27)5-6-14(23)20-13(10-29)16(25)18-9-15(24)28-8-7-21(2,3)4/h12-13H,5-10H2,1-4H3,(H4-,18,19,20,22,23,25,26,27,29)/p+1/t12-,13+/m0/s1. The van der Waals surface area contributed by atoms with Gasteiger partial charge in [0.1, 0.15) is 31.8 Å². The van der Waals surface area contributed by atoms with Crippen molar-refractivity contribution in [2.45, 2.75) is 31.8 Å². The van der Waals surface area contributed by atoms with Crippen molar-refractivity contribution < 1.29 is 38.3 Å². The molecule has 0 aromatic carbocycles. The molecule has 0 aliphatic rings. The van der Waals surface area contributed by atoms with Gasteiger partial charge in [-0.3, -0.25) is 19.2 Å². The van der Waals surface area contributed by atoms with E-state index in [9.17, 15) is 24.0 Å². The number of amides is 3. The van der Waals surface area contributed by atoms with Crippen molar-refractivity contribution in [3.8, 4) is 0 Å². The minimum absolute atomic E-state index is 0.0256. The Morgan fingerprint density at radius 2 is 1.69 bits per heavy atom. The lowest BCUT2D eigenvalue weighted by molar-refractivity contribution is -0.870. The van der Waals surface area contributed by atoms with Crippen molar-refractivity contribution in [2.75, 3.05) is 46.6 Å². The number of hydrogen-bond acceptors (Lipinski definition) is 7. The second-order valence-electron chi connectivity index (χ2n) is 7.38. The van der Waals surface area contributed by atoms with Crippen LogP contribution in [0.3, 0.4) is 0 Å². The SMILES string of the molecule is CC(=O)N[C@@H](CCC(=O)N[C@H](CS)C(=O)NCC(=O)OCC[N+](C)(C)C)C(=O)O. The smallest absolute Gasteiger partial charge is 0.326 e. The molecule has 11 nitrogen and oxygen atoms in total. The van der Waals surface area contributed by atoms with Crippen molar-refractivity contribution in [1.29, 1.82) is 0 Å². The van der Waals surface area contributed by atoms with Crippen LogP contribution >= 0.6 is 12.6 Å². The summed E-state index contributed by atoms with van der Waals surface area (Å²) in [6, 6.07) is -2.21. The van der Waals surface area contributed by atoms with Gasteiger partial charge in [0.25, 0.3) is 0 Å². The van der Waals surface area contributed by atoms with Gasteiger partial charge in [0.05, 0.1) is 21.1 Å². The number of carboxylic acids is 1. The summed E-state index contributed by atoms with van der Waals surface area (Å²) >= 11 is 4.00. The maximum atomic E-state index is 12.1. The predicted octanol–water partition coefficient (Wildman–Crippen LogP) is -1.86. The molecule has 0 aliphatic heterocycles. The van der Waals surface area contributed by atoms with Crippen molar-refractivity contribution in [3.63, 3.8) is 0 Å². The Labute approximate surface area is 175 Å². The molecule has 0 radical (unpaired) electrons. The number of hydrogen-bond donors (Lipinski definition) is 5. The van der Waals surface area contributed by atoms with Crippen LogP contribution in [0.2, 0.25) is 0 Å². The third kappa shape index (κ3) is 13.5. The molecule has 0 aliphatic carbocycles. The van der Waals surface area contributed by atoms with Crippen LogP contribution in [-0.4, -0.2) is 97.9 Å². The highest BCUT2D eigenvalue weighted by atomic mass is 32.1. The molecule has 4 N–H and O–H groups in total. The fraction of sp³-hybridized carbons (Fsp3) is 0.706. The summed E-state index contributed by atoms with van der Waals surface area (Å²) in [5.41, 5.74) is 0. The normalized spacial score (nSPS) is 13.0. The highest BCUT2D eigenvalue weighted by Crippen LogP contribution is 2.00. The second kappa shape index (κ2) is 13.0. The Kier molecular flexibility index (Phi) is 11.9. The number of likely N-dealkylation sites (N-methyl/N-ethyl adjacent to an activating group) is 1. The average Bonchev–Trinajstić information content (AvgIpc) is 2.59. The van der Waals surface area contributed by atoms with E-state index >= 15 is 0 Å². The van der Waals surface area contributed by atoms with Gasteiger partial charge in [-0.2, -0.15) is 12.6 Å². The summed E-state index contributed by atoms with van der Waals surface area (Å²) < 4.78 is 5.64. The molecule has 0 spiro atoms. The number of quaternary nitrogens is 1. The van der Waals surface area contributed by atoms with Crippen LogP contribution in [0, 0.1) is 0 Å². The van der Waals surface area contributed by atoms with Crippen LogP contribution < -0.4 is 16.0 Å². The number of esters is 1. The number of nitrogens with one attached hydrogen (secondary N) is 3. The van der Waals surface area contributed by atoms with E-state index in [0.717, 1.165) is 0 Å². The summed E-state index contributed by atoms with van der Waals surface area (Å²) in [5, 5.41) is 16.0. The first kappa shape index (κ1) is 26.7. The molecule has 0 aromatic heterocycles. The highest BCUT2D eigenvalue weighted by molar-refractivity contribution is 7.80. The van der Waals surface area contributed by atoms with Crippen molar-refractivity contribution in [2.24, 2.45) is 0 Å². The number of carbonyl (C=O) groups excluding carboxylic acids is 4. The monoisotopic (exact) mass is 435 g/mol. The fourth-order valence-corrected chi connectivity index (χ4v) is 2.26. The highest BCUT2D eigenvalue weighted by Gasteiger charge is 2.23. The Morgan fingerprint density at radius 1 is 1.07 bits per heavy atom. The van der Waals surface area contributed by atoms with E-state index < -0.39 is 41.7 Å². The number of carbonyl (C=O) groups is 5. The average molecular weight is 436 g/mol. The molecule has 166 valence electrons. The molecule has 0 heterocycles. The lowest BCUT2D eigenvalue weighted by Crippen LogP contribution is -2.49. The van der Waals surface area contributed by atoms with Crippen molar-refractivity contribution in [3.05, 3.63) is 0 Å². The molecule has 12 heteroatoms. The topological polar surface area (TPSA) is 151 Å². The Bertz CT molecular complexity index is 607. The third-order valence-electron chi connectivity index (χ3n) is 3.60. The van der Waals surface area contributed by atoms with Crippen LogP contribution in [0.1, 0.15) is 19.8 Å². The summed E-state index contributed by atoms with van der Waals surface area (Å²) in [6.45, 7) is 1.65. The number of nitrogens with zero attached hydrogens (tertiary/aromatic N) is 1. The van der Waals surface area contributed by atoms with E-state index in [-0.39, 0.29) is 31.7 Å². The van der Waals surface area contributed by atoms with Gasteiger partial charge in [0.15, 0.2) is 0 Å². The number of ether oxygens (including phenoxy) is 1. The molecule has 29 heavy (non-hydrogen) atoms. The third-order valence-corrected chi connectivity index (χ3v) is 3.97. The van der Waals surface area contributed by atoms with Crippen LogP contribution in [0.5, 0.6) is 0 Å². The first-order valence-electron chi connectivity index (χ1n) is 8.99. The second-order valence-corrected chi connectivity index (χ2v) is 7.75. The van der Waals surface area contributed by atoms with Crippen LogP contribution in [0.15, 0.2) is 0 Å². The van der Waals surface area contributed by atoms with Crippen LogP contribution in [0.25, 0.3) is 0 Å². The number of rotatable bonds is 13. The van der Waals surface area contributed by atoms with Crippen LogP contribution in [0.4, 0.5) is 0 Å². The van der Waals surface area contributed by atoms with Gasteiger partial charge >= 0.3 is 11.9 Å². The summed E-state index contributed by atoms with van der Waals surface area (Å²) in [5.74, 6) is -3.62. The quantitative estimate of drug-likeness (QED) is 0.129. The van der Waals surface area contributed by atoms with E-state index in [1.54, 1.807) is 0 Å². The van der Waals surface area contributed by atoms with Crippen molar-refractivity contribution in [1.82, 2.24) is 16.0 Å². The van der Waals surface area contributed by atoms with Gasteiger partial charge in [-0.1, -0.05) is 0 Å². The molecule has 0 unspecified atom stereocenters. The first-order chi connectivity index (χ1) is 13.4.